The third-order valence-electron chi connectivity index (χ3n) is 2.27. The molecule has 0 bridgehead atoms. The smallest absolute Gasteiger partial charge is 0.252 e. The van der Waals surface area contributed by atoms with Gasteiger partial charge >= 0.3 is 0 Å². The van der Waals surface area contributed by atoms with E-state index >= 15 is 0 Å². The summed E-state index contributed by atoms with van der Waals surface area (Å²) in [6, 6.07) is 1.65. The molecule has 1 amide bonds. The highest BCUT2D eigenvalue weighted by molar-refractivity contribution is 5.94. The molecule has 1 rings (SSSR count). The Kier molecular flexibility index (Phi) is 7.25. The molecule has 0 spiro atoms. The number of nitrogens with one attached hydrogen (secondary N) is 1. The van der Waals surface area contributed by atoms with Crippen molar-refractivity contribution in [1.82, 2.24) is 10.3 Å². The highest BCUT2D eigenvalue weighted by Gasteiger charge is 2.05. The van der Waals surface area contributed by atoms with Gasteiger partial charge in [-0.1, -0.05) is 11.8 Å². The van der Waals surface area contributed by atoms with Gasteiger partial charge in [-0.05, 0) is 19.4 Å². The molecule has 5 heteroatoms. The number of carbonyl (C=O) groups excluding carboxylic acids is 1. The molecular weight excluding hydrogens is 244 g/mol. The summed E-state index contributed by atoms with van der Waals surface area (Å²) in [5.41, 5.74) is 1.07. The van der Waals surface area contributed by atoms with E-state index in [1.165, 1.54) is 6.20 Å². The SMILES string of the molecule is CCOCCCNC(=O)c1cncc(C#CCO)c1. The molecule has 1 aromatic rings. The lowest BCUT2D eigenvalue weighted by Crippen LogP contribution is -2.25. The van der Waals surface area contributed by atoms with Gasteiger partial charge in [0.15, 0.2) is 0 Å². The zero-order valence-electron chi connectivity index (χ0n) is 11.0. The Morgan fingerprint density at radius 2 is 2.37 bits per heavy atom. The summed E-state index contributed by atoms with van der Waals surface area (Å²) < 4.78 is 5.18. The highest BCUT2D eigenvalue weighted by Crippen LogP contribution is 2.01. The van der Waals surface area contributed by atoms with E-state index in [9.17, 15) is 4.79 Å². The number of hydrogen-bond acceptors (Lipinski definition) is 4. The normalized spacial score (nSPS) is 9.58. The Labute approximate surface area is 113 Å². The van der Waals surface area contributed by atoms with Crippen LogP contribution in [-0.2, 0) is 4.74 Å². The summed E-state index contributed by atoms with van der Waals surface area (Å²) in [7, 11) is 0. The Hall–Kier alpha value is -1.90. The summed E-state index contributed by atoms with van der Waals surface area (Å²) >= 11 is 0. The molecule has 0 aliphatic carbocycles. The van der Waals surface area contributed by atoms with Gasteiger partial charge in [-0.25, -0.2) is 0 Å². The fourth-order valence-corrected chi connectivity index (χ4v) is 1.40. The van der Waals surface area contributed by atoms with Crippen molar-refractivity contribution in [1.29, 1.82) is 0 Å². The van der Waals surface area contributed by atoms with Crippen LogP contribution in [0.25, 0.3) is 0 Å². The molecule has 1 heterocycles. The second kappa shape index (κ2) is 9.09. The molecule has 5 nitrogen and oxygen atoms in total. The molecule has 0 aliphatic heterocycles. The first-order chi connectivity index (χ1) is 9.27. The van der Waals surface area contributed by atoms with Crippen LogP contribution < -0.4 is 5.32 Å². The first-order valence-corrected chi connectivity index (χ1v) is 6.18. The first kappa shape index (κ1) is 15.2. The number of amides is 1. The zero-order chi connectivity index (χ0) is 13.9. The van der Waals surface area contributed by atoms with Gasteiger partial charge in [-0.2, -0.15) is 0 Å². The fraction of sp³-hybridized carbons (Fsp3) is 0.429. The number of aromatic nitrogens is 1. The van der Waals surface area contributed by atoms with Gasteiger partial charge in [0, 0.05) is 37.7 Å². The second-order valence-electron chi connectivity index (χ2n) is 3.73. The number of nitrogens with zero attached hydrogens (tertiary/aromatic N) is 1. The van der Waals surface area contributed by atoms with E-state index in [-0.39, 0.29) is 12.5 Å². The lowest BCUT2D eigenvalue weighted by Gasteiger charge is -2.05. The summed E-state index contributed by atoms with van der Waals surface area (Å²) in [6.07, 6.45) is 3.81. The second-order valence-corrected chi connectivity index (χ2v) is 3.73. The van der Waals surface area contributed by atoms with Crippen LogP contribution in [0.1, 0.15) is 29.3 Å². The van der Waals surface area contributed by atoms with Gasteiger partial charge in [-0.15, -0.1) is 0 Å². The Balaban J connectivity index is 2.48. The Morgan fingerprint density at radius 1 is 1.53 bits per heavy atom. The number of ether oxygens (including phenoxy) is 1. The Bertz CT molecular complexity index is 463. The van der Waals surface area contributed by atoms with Gasteiger partial charge < -0.3 is 15.2 Å². The number of pyridine rings is 1. The van der Waals surface area contributed by atoms with Crippen molar-refractivity contribution in [2.45, 2.75) is 13.3 Å². The van der Waals surface area contributed by atoms with Crippen LogP contribution in [-0.4, -0.2) is 42.4 Å². The predicted octanol–water partition coefficient (Wildman–Crippen LogP) is 0.582. The molecule has 0 atom stereocenters. The lowest BCUT2D eigenvalue weighted by atomic mass is 10.2. The number of aliphatic hydroxyl groups is 1. The van der Waals surface area contributed by atoms with Crippen molar-refractivity contribution in [2.24, 2.45) is 0 Å². The molecule has 19 heavy (non-hydrogen) atoms. The fourth-order valence-electron chi connectivity index (χ4n) is 1.40. The average molecular weight is 262 g/mol. The predicted molar refractivity (Wildman–Crippen MR) is 71.6 cm³/mol. The van der Waals surface area contributed by atoms with Gasteiger partial charge in [0.2, 0.25) is 0 Å². The van der Waals surface area contributed by atoms with E-state index < -0.39 is 0 Å². The maximum absolute atomic E-state index is 11.8. The van der Waals surface area contributed by atoms with Crippen molar-refractivity contribution in [3.05, 3.63) is 29.6 Å². The number of aliphatic hydroxyl groups excluding tert-OH is 1. The van der Waals surface area contributed by atoms with Crippen LogP contribution in [0.3, 0.4) is 0 Å². The molecule has 0 unspecified atom stereocenters. The third-order valence-corrected chi connectivity index (χ3v) is 2.27. The van der Waals surface area contributed by atoms with Crippen LogP contribution in [0.15, 0.2) is 18.5 Å². The van der Waals surface area contributed by atoms with Crippen molar-refractivity contribution in [3.63, 3.8) is 0 Å². The molecule has 0 fully saturated rings. The van der Waals surface area contributed by atoms with Crippen molar-refractivity contribution >= 4 is 5.91 Å². The lowest BCUT2D eigenvalue weighted by molar-refractivity contribution is 0.0944. The number of carbonyl (C=O) groups is 1. The summed E-state index contributed by atoms with van der Waals surface area (Å²) in [5.74, 6) is 5.04. The molecule has 1 aromatic heterocycles. The van der Waals surface area contributed by atoms with Crippen LogP contribution in [0.5, 0.6) is 0 Å². The van der Waals surface area contributed by atoms with Crippen molar-refractivity contribution in [3.8, 4) is 11.8 Å². The monoisotopic (exact) mass is 262 g/mol. The van der Waals surface area contributed by atoms with Gasteiger partial charge in [0.05, 0.1) is 5.56 Å². The minimum atomic E-state index is -0.214. The molecule has 0 saturated carbocycles. The number of hydrogen-bond donors (Lipinski definition) is 2. The summed E-state index contributed by atoms with van der Waals surface area (Å²) in [5, 5.41) is 11.4. The van der Waals surface area contributed by atoms with Gasteiger partial charge in [0.25, 0.3) is 5.91 Å². The molecule has 0 aliphatic rings. The third kappa shape index (κ3) is 6.00. The van der Waals surface area contributed by atoms with E-state index in [0.29, 0.717) is 30.9 Å². The molecule has 102 valence electrons. The van der Waals surface area contributed by atoms with E-state index in [0.717, 1.165) is 6.42 Å². The quantitative estimate of drug-likeness (QED) is 0.581. The van der Waals surface area contributed by atoms with Gasteiger partial charge in [-0.3, -0.25) is 9.78 Å². The highest BCUT2D eigenvalue weighted by atomic mass is 16.5. The zero-order valence-corrected chi connectivity index (χ0v) is 11.0. The minimum Gasteiger partial charge on any atom is -0.384 e. The molecule has 2 N–H and O–H groups in total. The summed E-state index contributed by atoms with van der Waals surface area (Å²) in [6.45, 7) is 3.60. The maximum atomic E-state index is 11.8. The number of rotatable bonds is 6. The standard InChI is InChI=1S/C14H18N2O3/c1-2-19-8-4-6-16-14(18)13-9-12(5-3-7-17)10-15-11-13/h9-11,17H,2,4,6-8H2,1H3,(H,16,18). The van der Waals surface area contributed by atoms with E-state index in [1.807, 2.05) is 6.92 Å². The molecule has 0 aromatic carbocycles. The van der Waals surface area contributed by atoms with Crippen LogP contribution in [0.2, 0.25) is 0 Å². The van der Waals surface area contributed by atoms with E-state index in [2.05, 4.69) is 22.1 Å². The average Bonchev–Trinajstić information content (AvgIpc) is 2.45. The van der Waals surface area contributed by atoms with Gasteiger partial charge in [0.1, 0.15) is 6.61 Å². The topological polar surface area (TPSA) is 71.5 Å². The van der Waals surface area contributed by atoms with Crippen LogP contribution in [0.4, 0.5) is 0 Å². The summed E-state index contributed by atoms with van der Waals surface area (Å²) in [4.78, 5) is 15.8. The van der Waals surface area contributed by atoms with Crippen LogP contribution in [0, 0.1) is 11.8 Å². The van der Waals surface area contributed by atoms with Crippen molar-refractivity contribution in [2.75, 3.05) is 26.4 Å². The maximum Gasteiger partial charge on any atom is 0.252 e. The van der Waals surface area contributed by atoms with E-state index in [4.69, 9.17) is 9.84 Å². The first-order valence-electron chi connectivity index (χ1n) is 6.18. The van der Waals surface area contributed by atoms with Crippen LogP contribution >= 0.6 is 0 Å². The van der Waals surface area contributed by atoms with Crippen molar-refractivity contribution < 1.29 is 14.6 Å². The van der Waals surface area contributed by atoms with E-state index in [1.54, 1.807) is 12.3 Å². The molecule has 0 radical (unpaired) electrons. The Morgan fingerprint density at radius 3 is 3.11 bits per heavy atom. The molecule has 0 saturated heterocycles. The minimum absolute atomic E-state index is 0.184. The molecular formula is C14H18N2O3. The largest absolute Gasteiger partial charge is 0.384 e.